The predicted molar refractivity (Wildman–Crippen MR) is 184 cm³/mol. The maximum Gasteiger partial charge on any atom is 0.302 e. The van der Waals surface area contributed by atoms with Gasteiger partial charge >= 0.3 is 5.56 Å². The van der Waals surface area contributed by atoms with Crippen LogP contribution in [-0.4, -0.2) is 92.2 Å². The summed E-state index contributed by atoms with van der Waals surface area (Å²) in [4.78, 5) is 54.5. The van der Waals surface area contributed by atoms with Gasteiger partial charge in [-0.3, -0.25) is 14.4 Å². The first-order valence-corrected chi connectivity index (χ1v) is 17.4. The number of amides is 2. The number of carbonyl (C=O) groups excluding carboxylic acids is 2. The first-order chi connectivity index (χ1) is 24.2. The van der Waals surface area contributed by atoms with Crippen LogP contribution in [0, 0.1) is 5.82 Å². The van der Waals surface area contributed by atoms with Crippen LogP contribution in [0.4, 0.5) is 4.39 Å². The summed E-state index contributed by atoms with van der Waals surface area (Å²) in [6, 6.07) is 13.7. The lowest BCUT2D eigenvalue weighted by Crippen LogP contribution is -2.49. The van der Waals surface area contributed by atoms with Crippen LogP contribution in [0.3, 0.4) is 0 Å². The Balaban J connectivity index is 1.22. The molecular weight excluding hydrogens is 663 g/mol. The standard InChI is InChI=1S/C36H37FN6O6S/c1-23-19-42(20-24(2)49-23)30(44)21-41-10-11-43-35(46)32(48-22-25-6-4-3-5-7-25)31(39-36(41)43)33-38-18-28(50-33)16-26-8-9-27(37)17-29(26)34(45)40-12-14-47-15-13-40/h3-11,17-18,23-24H,12-16,19-22H2,1-2H3/t23-,24-/m0/s1. The van der Waals surface area contributed by atoms with Crippen LogP contribution in [0.5, 0.6) is 5.75 Å². The summed E-state index contributed by atoms with van der Waals surface area (Å²) in [6.07, 6.45) is 5.06. The van der Waals surface area contributed by atoms with E-state index in [2.05, 4.69) is 4.98 Å². The van der Waals surface area contributed by atoms with Gasteiger partial charge in [0.1, 0.15) is 24.0 Å². The maximum absolute atomic E-state index is 14.4. The molecule has 5 aromatic rings. The zero-order valence-corrected chi connectivity index (χ0v) is 28.6. The van der Waals surface area contributed by atoms with E-state index in [0.717, 1.165) is 10.4 Å². The minimum atomic E-state index is -0.493. The Morgan fingerprint density at radius 2 is 1.78 bits per heavy atom. The van der Waals surface area contributed by atoms with E-state index in [-0.39, 0.29) is 60.0 Å². The number of thiazole rings is 1. The van der Waals surface area contributed by atoms with Crippen LogP contribution in [0.15, 0.2) is 71.9 Å². The number of benzene rings is 2. The SMILES string of the molecule is C[C@H]1CN(C(=O)Cn2ccn3c(=O)c(OCc4ccccc4)c(-c4ncc(Cc5ccc(F)cc5C(=O)N5CCOCC5)s4)nc23)C[C@H](C)O1. The first kappa shape index (κ1) is 33.6. The van der Waals surface area contributed by atoms with Gasteiger partial charge in [0, 0.05) is 61.6 Å². The second-order valence-electron chi connectivity index (χ2n) is 12.5. The van der Waals surface area contributed by atoms with Crippen molar-refractivity contribution < 1.29 is 28.2 Å². The van der Waals surface area contributed by atoms with E-state index < -0.39 is 11.4 Å². The van der Waals surface area contributed by atoms with E-state index in [4.69, 9.17) is 19.2 Å². The Morgan fingerprint density at radius 1 is 1.02 bits per heavy atom. The van der Waals surface area contributed by atoms with E-state index in [9.17, 15) is 18.8 Å². The van der Waals surface area contributed by atoms with Crippen LogP contribution in [0.2, 0.25) is 0 Å². The molecule has 50 heavy (non-hydrogen) atoms. The maximum atomic E-state index is 14.4. The molecule has 0 spiro atoms. The van der Waals surface area contributed by atoms with E-state index >= 15 is 0 Å². The summed E-state index contributed by atoms with van der Waals surface area (Å²) < 4.78 is 34.7. The van der Waals surface area contributed by atoms with Crippen LogP contribution >= 0.6 is 11.3 Å². The number of halogens is 1. The summed E-state index contributed by atoms with van der Waals surface area (Å²) >= 11 is 1.30. The third kappa shape index (κ3) is 7.18. The Bertz CT molecular complexity index is 2060. The number of rotatable bonds is 9. The molecule has 2 fully saturated rings. The Morgan fingerprint density at radius 3 is 2.54 bits per heavy atom. The molecule has 7 rings (SSSR count). The molecule has 260 valence electrons. The Labute approximate surface area is 291 Å². The smallest absolute Gasteiger partial charge is 0.302 e. The number of carbonyl (C=O) groups is 2. The minimum Gasteiger partial charge on any atom is -0.481 e. The average molecular weight is 701 g/mol. The highest BCUT2D eigenvalue weighted by molar-refractivity contribution is 7.15. The Kier molecular flexibility index (Phi) is 9.74. The summed E-state index contributed by atoms with van der Waals surface area (Å²) in [6.45, 7) is 6.69. The fourth-order valence-electron chi connectivity index (χ4n) is 6.34. The highest BCUT2D eigenvalue weighted by atomic mass is 32.1. The monoisotopic (exact) mass is 700 g/mol. The van der Waals surface area contributed by atoms with Crippen LogP contribution in [-0.2, 0) is 33.8 Å². The second kappa shape index (κ2) is 14.5. The van der Waals surface area contributed by atoms with Crippen LogP contribution in [0.1, 0.15) is 40.2 Å². The number of ether oxygens (including phenoxy) is 3. The summed E-state index contributed by atoms with van der Waals surface area (Å²) in [5.74, 6) is -0.553. The molecule has 0 unspecified atom stereocenters. The number of nitrogens with zero attached hydrogens (tertiary/aromatic N) is 6. The lowest BCUT2D eigenvalue weighted by molar-refractivity contribution is -0.143. The van der Waals surface area contributed by atoms with Gasteiger partial charge in [-0.05, 0) is 37.1 Å². The third-order valence-electron chi connectivity index (χ3n) is 8.73. The van der Waals surface area contributed by atoms with Crippen molar-refractivity contribution in [3.8, 4) is 16.5 Å². The average Bonchev–Trinajstić information content (AvgIpc) is 3.75. The van der Waals surface area contributed by atoms with Crippen molar-refractivity contribution in [2.45, 2.75) is 45.6 Å². The van der Waals surface area contributed by atoms with Crippen molar-refractivity contribution in [1.29, 1.82) is 0 Å². The fraction of sp³-hybridized carbons (Fsp3) is 0.361. The fourth-order valence-corrected chi connectivity index (χ4v) is 7.26. The molecule has 0 aliphatic carbocycles. The van der Waals surface area contributed by atoms with Gasteiger partial charge in [0.05, 0.1) is 25.4 Å². The summed E-state index contributed by atoms with van der Waals surface area (Å²) in [5, 5.41) is 0.431. The van der Waals surface area contributed by atoms with Gasteiger partial charge in [-0.25, -0.2) is 18.8 Å². The van der Waals surface area contributed by atoms with Crippen LogP contribution in [0.25, 0.3) is 16.5 Å². The number of imidazole rings is 1. The van der Waals surface area contributed by atoms with E-state index in [1.807, 2.05) is 44.2 Å². The topological polar surface area (TPSA) is 120 Å². The highest BCUT2D eigenvalue weighted by Gasteiger charge is 2.28. The summed E-state index contributed by atoms with van der Waals surface area (Å²) in [7, 11) is 0. The molecule has 0 radical (unpaired) electrons. The normalized spacial score (nSPS) is 18.1. The molecule has 2 atom stereocenters. The van der Waals surface area contributed by atoms with Crippen molar-refractivity contribution in [2.75, 3.05) is 39.4 Å². The largest absolute Gasteiger partial charge is 0.481 e. The zero-order chi connectivity index (χ0) is 34.8. The first-order valence-electron chi connectivity index (χ1n) is 16.6. The molecule has 5 heterocycles. The molecular formula is C36H37FN6O6S. The molecule has 2 aliphatic rings. The van der Waals surface area contributed by atoms with Crippen molar-refractivity contribution in [2.24, 2.45) is 0 Å². The molecule has 2 saturated heterocycles. The zero-order valence-electron chi connectivity index (χ0n) is 27.8. The van der Waals surface area contributed by atoms with Gasteiger partial charge < -0.3 is 28.6 Å². The Hall–Kier alpha value is -4.92. The minimum absolute atomic E-state index is 0.0142. The van der Waals surface area contributed by atoms with Gasteiger partial charge in [0.2, 0.25) is 17.4 Å². The highest BCUT2D eigenvalue weighted by Crippen LogP contribution is 2.32. The molecule has 12 nitrogen and oxygen atoms in total. The third-order valence-corrected chi connectivity index (χ3v) is 9.74. The van der Waals surface area contributed by atoms with Gasteiger partial charge in [-0.15, -0.1) is 11.3 Å². The second-order valence-corrected chi connectivity index (χ2v) is 13.7. The van der Waals surface area contributed by atoms with Gasteiger partial charge in [-0.1, -0.05) is 36.4 Å². The molecule has 0 saturated carbocycles. The van der Waals surface area contributed by atoms with Crippen molar-refractivity contribution in [1.82, 2.24) is 28.7 Å². The van der Waals surface area contributed by atoms with Gasteiger partial charge in [0.15, 0.2) is 5.69 Å². The van der Waals surface area contributed by atoms with Gasteiger partial charge in [0.25, 0.3) is 5.91 Å². The molecule has 0 bridgehead atoms. The molecule has 2 aliphatic heterocycles. The molecule has 2 aromatic carbocycles. The van der Waals surface area contributed by atoms with E-state index in [0.29, 0.717) is 56.4 Å². The lowest BCUT2D eigenvalue weighted by atomic mass is 10.0. The lowest BCUT2D eigenvalue weighted by Gasteiger charge is -2.35. The number of fused-ring (bicyclic) bond motifs is 1. The van der Waals surface area contributed by atoms with Crippen molar-refractivity contribution in [3.05, 3.63) is 105 Å². The molecule has 0 N–H and O–H groups in total. The molecule has 3 aromatic heterocycles. The van der Waals surface area contributed by atoms with E-state index in [1.54, 1.807) is 39.0 Å². The van der Waals surface area contributed by atoms with Crippen LogP contribution < -0.4 is 10.3 Å². The summed E-state index contributed by atoms with van der Waals surface area (Å²) in [5.41, 5.74) is 1.62. The van der Waals surface area contributed by atoms with Crippen molar-refractivity contribution in [3.63, 3.8) is 0 Å². The quantitative estimate of drug-likeness (QED) is 0.226. The molecule has 2 amide bonds. The molecule has 14 heteroatoms. The number of aromatic nitrogens is 4. The van der Waals surface area contributed by atoms with E-state index in [1.165, 1.54) is 27.9 Å². The predicted octanol–water partition coefficient (Wildman–Crippen LogP) is 4.04. The number of morpholine rings is 2. The number of hydrogen-bond donors (Lipinski definition) is 0. The van der Waals surface area contributed by atoms with Crippen molar-refractivity contribution >= 4 is 28.9 Å². The number of hydrogen-bond acceptors (Lipinski definition) is 9. The van der Waals surface area contributed by atoms with Gasteiger partial charge in [-0.2, -0.15) is 0 Å².